The van der Waals surface area contributed by atoms with Crippen molar-refractivity contribution in [1.29, 1.82) is 0 Å². The first kappa shape index (κ1) is 25.3. The van der Waals surface area contributed by atoms with Gasteiger partial charge in [-0.1, -0.05) is 0 Å². The zero-order chi connectivity index (χ0) is 23.1. The fourth-order valence-electron chi connectivity index (χ4n) is 2.27. The molecule has 0 bridgehead atoms. The Morgan fingerprint density at radius 1 is 0.828 bits per heavy atom. The van der Waals surface area contributed by atoms with Crippen molar-refractivity contribution in [2.24, 2.45) is 0 Å². The second kappa shape index (κ2) is 7.84. The molecule has 0 aliphatic rings. The van der Waals surface area contributed by atoms with Gasteiger partial charge in [0, 0.05) is 12.2 Å². The van der Waals surface area contributed by atoms with E-state index in [9.17, 15) is 49.7 Å². The number of aliphatic hydroxyl groups is 2. The molecule has 0 aliphatic carbocycles. The van der Waals surface area contributed by atoms with Crippen molar-refractivity contribution in [3.63, 3.8) is 0 Å². The average molecular weight is 444 g/mol. The first-order chi connectivity index (χ1) is 12.8. The minimum atomic E-state index is -6.35. The first-order valence-corrected chi connectivity index (χ1v) is 7.88. The Hall–Kier alpha value is -1.73. The summed E-state index contributed by atoms with van der Waals surface area (Å²) in [7, 11) is 0. The Balaban J connectivity index is 3.80. The van der Waals surface area contributed by atoms with E-state index in [-0.39, 0.29) is 25.7 Å². The predicted octanol–water partition coefficient (Wildman–Crippen LogP) is 4.53. The van der Waals surface area contributed by atoms with E-state index in [4.69, 9.17) is 9.47 Å². The fraction of sp³-hybridized carbons (Fsp3) is 0.625. The van der Waals surface area contributed by atoms with Crippen LogP contribution >= 0.6 is 0 Å². The molecule has 0 amide bonds. The van der Waals surface area contributed by atoms with Gasteiger partial charge in [-0.25, -0.2) is 0 Å². The highest BCUT2D eigenvalue weighted by Gasteiger charge is 2.71. The van der Waals surface area contributed by atoms with E-state index in [1.807, 2.05) is 0 Å². The van der Waals surface area contributed by atoms with Gasteiger partial charge in [0.05, 0.1) is 0 Å². The molecule has 2 N–H and O–H groups in total. The van der Waals surface area contributed by atoms with E-state index in [1.165, 1.54) is 13.8 Å². The van der Waals surface area contributed by atoms with Crippen molar-refractivity contribution in [2.75, 3.05) is 6.61 Å². The molecule has 0 saturated heterocycles. The molecular weight excluding hydrogens is 427 g/mol. The molecule has 0 spiro atoms. The third kappa shape index (κ3) is 4.89. The second-order valence-electron chi connectivity index (χ2n) is 6.16. The summed E-state index contributed by atoms with van der Waals surface area (Å²) < 4.78 is 128. The van der Waals surface area contributed by atoms with Gasteiger partial charge in [-0.15, -0.1) is 0 Å². The van der Waals surface area contributed by atoms with E-state index in [0.717, 1.165) is 0 Å². The van der Waals surface area contributed by atoms with Gasteiger partial charge in [0.25, 0.3) is 5.60 Å². The van der Waals surface area contributed by atoms with Crippen LogP contribution < -0.4 is 4.74 Å². The van der Waals surface area contributed by atoms with Crippen LogP contribution in [0.3, 0.4) is 0 Å². The summed E-state index contributed by atoms with van der Waals surface area (Å²) in [4.78, 5) is 0. The van der Waals surface area contributed by atoms with Crippen molar-refractivity contribution in [1.82, 2.24) is 0 Å². The highest BCUT2D eigenvalue weighted by atomic mass is 19.4. The molecule has 2 unspecified atom stereocenters. The molecule has 0 aromatic heterocycles. The monoisotopic (exact) mass is 444 g/mol. The third-order valence-electron chi connectivity index (χ3n) is 3.96. The maximum atomic E-state index is 13.1. The molecule has 1 aromatic carbocycles. The summed E-state index contributed by atoms with van der Waals surface area (Å²) >= 11 is 0. The number of benzene rings is 1. The quantitative estimate of drug-likeness (QED) is 0.500. The topological polar surface area (TPSA) is 58.9 Å². The highest BCUT2D eigenvalue weighted by molar-refractivity contribution is 5.42. The summed E-state index contributed by atoms with van der Waals surface area (Å²) in [5, 5.41) is 19.2. The van der Waals surface area contributed by atoms with Crippen molar-refractivity contribution in [3.8, 4) is 5.75 Å². The standard InChI is InChI=1S/C16H17F9O4/c1-4-28-8(2)29-11-6-9(12(3,26)14(17,18)19)5-10(7-11)13(27,15(20,21)22)16(23,24)25/h5-8,26-27H,4H2,1-3H3. The van der Waals surface area contributed by atoms with Crippen molar-refractivity contribution >= 4 is 0 Å². The van der Waals surface area contributed by atoms with Gasteiger partial charge in [0.1, 0.15) is 5.75 Å². The molecule has 1 rings (SSSR count). The number of hydrogen-bond acceptors (Lipinski definition) is 4. The zero-order valence-corrected chi connectivity index (χ0v) is 15.1. The average Bonchev–Trinajstić information content (AvgIpc) is 2.50. The van der Waals surface area contributed by atoms with E-state index in [2.05, 4.69) is 0 Å². The van der Waals surface area contributed by atoms with Crippen molar-refractivity contribution in [2.45, 2.75) is 56.8 Å². The van der Waals surface area contributed by atoms with Crippen LogP contribution in [-0.4, -0.2) is 41.6 Å². The summed E-state index contributed by atoms with van der Waals surface area (Å²) in [5.41, 5.74) is -12.8. The molecule has 0 saturated carbocycles. The lowest BCUT2D eigenvalue weighted by molar-refractivity contribution is -0.376. The number of halogens is 9. The highest BCUT2D eigenvalue weighted by Crippen LogP contribution is 2.52. The van der Waals surface area contributed by atoms with Gasteiger partial charge in [-0.2, -0.15) is 39.5 Å². The molecule has 4 nitrogen and oxygen atoms in total. The van der Waals surface area contributed by atoms with Gasteiger partial charge in [-0.05, 0) is 44.5 Å². The SMILES string of the molecule is CCOC(C)Oc1cc(C(C)(O)C(F)(F)F)cc(C(O)(C(F)(F)F)C(F)(F)F)c1. The molecule has 0 fully saturated rings. The van der Waals surface area contributed by atoms with Crippen molar-refractivity contribution in [3.05, 3.63) is 29.3 Å². The molecule has 0 radical (unpaired) electrons. The van der Waals surface area contributed by atoms with Crippen LogP contribution in [0.4, 0.5) is 39.5 Å². The molecule has 29 heavy (non-hydrogen) atoms. The van der Waals surface area contributed by atoms with E-state index >= 15 is 0 Å². The first-order valence-electron chi connectivity index (χ1n) is 7.88. The van der Waals surface area contributed by atoms with Crippen LogP contribution in [0.1, 0.15) is 31.9 Å². The minimum absolute atomic E-state index is 0.00300. The minimum Gasteiger partial charge on any atom is -0.465 e. The number of ether oxygens (including phenoxy) is 2. The van der Waals surface area contributed by atoms with Gasteiger partial charge in [-0.3, -0.25) is 0 Å². The Bertz CT molecular complexity index is 694. The Kier molecular flexibility index (Phi) is 6.84. The number of rotatable bonds is 6. The molecule has 168 valence electrons. The normalized spacial score (nSPS) is 17.0. The van der Waals surface area contributed by atoms with Crippen LogP contribution in [0.5, 0.6) is 5.75 Å². The number of alkyl halides is 9. The maximum Gasteiger partial charge on any atom is 0.430 e. The number of hydrogen-bond donors (Lipinski definition) is 2. The third-order valence-corrected chi connectivity index (χ3v) is 3.96. The second-order valence-corrected chi connectivity index (χ2v) is 6.16. The lowest BCUT2D eigenvalue weighted by Gasteiger charge is -2.34. The van der Waals surface area contributed by atoms with E-state index in [0.29, 0.717) is 6.07 Å². The van der Waals surface area contributed by atoms with Crippen LogP contribution in [0.15, 0.2) is 18.2 Å². The molecule has 1 aromatic rings. The summed E-state index contributed by atoms with van der Waals surface area (Å²) in [5.74, 6) is -0.921. The molecule has 2 atom stereocenters. The van der Waals surface area contributed by atoms with Gasteiger partial charge in [0.2, 0.25) is 0 Å². The zero-order valence-electron chi connectivity index (χ0n) is 15.1. The Labute approximate surface area is 158 Å². The van der Waals surface area contributed by atoms with Crippen LogP contribution in [0.25, 0.3) is 0 Å². The van der Waals surface area contributed by atoms with Crippen LogP contribution in [-0.2, 0) is 15.9 Å². The lowest BCUT2D eigenvalue weighted by atomic mass is 9.86. The smallest absolute Gasteiger partial charge is 0.430 e. The van der Waals surface area contributed by atoms with Crippen LogP contribution in [0, 0.1) is 0 Å². The van der Waals surface area contributed by atoms with Crippen molar-refractivity contribution < 1.29 is 59.2 Å². The van der Waals surface area contributed by atoms with E-state index < -0.39 is 52.9 Å². The molecule has 0 heterocycles. The maximum absolute atomic E-state index is 13.1. The summed E-state index contributed by atoms with van der Waals surface area (Å²) in [6, 6.07) is 0.249. The fourth-order valence-corrected chi connectivity index (χ4v) is 2.27. The van der Waals surface area contributed by atoms with E-state index in [1.54, 1.807) is 0 Å². The molecule has 13 heteroatoms. The Morgan fingerprint density at radius 3 is 1.66 bits per heavy atom. The Morgan fingerprint density at radius 2 is 1.28 bits per heavy atom. The largest absolute Gasteiger partial charge is 0.465 e. The summed E-state index contributed by atoms with van der Waals surface area (Å²) in [6.07, 6.45) is -19.4. The predicted molar refractivity (Wildman–Crippen MR) is 79.8 cm³/mol. The van der Waals surface area contributed by atoms with Gasteiger partial charge < -0.3 is 19.7 Å². The summed E-state index contributed by atoms with van der Waals surface area (Å²) in [6.45, 7) is 2.78. The van der Waals surface area contributed by atoms with Crippen LogP contribution in [0.2, 0.25) is 0 Å². The molecule has 0 aliphatic heterocycles. The molecular formula is C16H17F9O4. The van der Waals surface area contributed by atoms with Gasteiger partial charge in [0.15, 0.2) is 11.9 Å². The van der Waals surface area contributed by atoms with Gasteiger partial charge >= 0.3 is 18.5 Å². The lowest BCUT2D eigenvalue weighted by Crippen LogP contribution is -2.54.